The van der Waals surface area contributed by atoms with Crippen LogP contribution in [-0.2, 0) is 6.61 Å². The second-order valence-corrected chi connectivity index (χ2v) is 5.22. The summed E-state index contributed by atoms with van der Waals surface area (Å²) in [5, 5.41) is 9.49. The van der Waals surface area contributed by atoms with Crippen LogP contribution in [0.4, 0.5) is 10.1 Å². The lowest BCUT2D eigenvalue weighted by Gasteiger charge is -2.10. The van der Waals surface area contributed by atoms with Gasteiger partial charge in [0.2, 0.25) is 0 Å². The number of rotatable bonds is 2. The summed E-state index contributed by atoms with van der Waals surface area (Å²) >= 11 is 3.34. The number of anilines is 1. The van der Waals surface area contributed by atoms with Gasteiger partial charge in [0.25, 0.3) is 0 Å². The number of aliphatic hydroxyl groups excluding tert-OH is 1. The third kappa shape index (κ3) is 2.07. The molecule has 102 valence electrons. The molecule has 0 aliphatic rings. The number of nitrogens with zero attached hydrogens (tertiary/aromatic N) is 2. The van der Waals surface area contributed by atoms with Gasteiger partial charge in [-0.25, -0.2) is 9.37 Å². The number of fused-ring (bicyclic) bond motifs is 1. The van der Waals surface area contributed by atoms with Crippen molar-refractivity contribution in [3.05, 3.63) is 52.5 Å². The number of benzene rings is 2. The molecule has 0 unspecified atom stereocenters. The number of aromatic nitrogens is 2. The van der Waals surface area contributed by atoms with Crippen LogP contribution in [0.2, 0.25) is 0 Å². The molecular formula is C14H11BrFN3O. The highest BCUT2D eigenvalue weighted by Gasteiger charge is 2.14. The quantitative estimate of drug-likeness (QED) is 0.707. The van der Waals surface area contributed by atoms with Gasteiger partial charge in [0, 0.05) is 10.2 Å². The minimum Gasteiger partial charge on any atom is -0.399 e. The summed E-state index contributed by atoms with van der Waals surface area (Å²) in [6.45, 7) is -0.224. The number of hydrogen-bond donors (Lipinski definition) is 2. The maximum atomic E-state index is 13.2. The van der Waals surface area contributed by atoms with Gasteiger partial charge in [-0.15, -0.1) is 0 Å². The lowest BCUT2D eigenvalue weighted by atomic mass is 10.2. The molecule has 0 amide bonds. The largest absolute Gasteiger partial charge is 0.399 e. The summed E-state index contributed by atoms with van der Waals surface area (Å²) < 4.78 is 15.6. The Balaban J connectivity index is 2.34. The van der Waals surface area contributed by atoms with Gasteiger partial charge in [0.15, 0.2) is 0 Å². The highest BCUT2D eigenvalue weighted by atomic mass is 79.9. The van der Waals surface area contributed by atoms with Gasteiger partial charge in [0.1, 0.15) is 18.2 Å². The van der Waals surface area contributed by atoms with Crippen LogP contribution in [-0.4, -0.2) is 14.7 Å². The molecular weight excluding hydrogens is 325 g/mol. The van der Waals surface area contributed by atoms with Gasteiger partial charge >= 0.3 is 0 Å². The minimum atomic E-state index is -0.333. The topological polar surface area (TPSA) is 64.1 Å². The van der Waals surface area contributed by atoms with Gasteiger partial charge < -0.3 is 10.8 Å². The summed E-state index contributed by atoms with van der Waals surface area (Å²) in [4.78, 5) is 4.35. The Bertz CT molecular complexity index is 800. The van der Waals surface area contributed by atoms with Crippen molar-refractivity contribution in [3.63, 3.8) is 0 Å². The lowest BCUT2D eigenvalue weighted by Crippen LogP contribution is -2.02. The fraction of sp³-hybridized carbons (Fsp3) is 0.0714. The second kappa shape index (κ2) is 4.88. The Kier molecular flexibility index (Phi) is 3.19. The minimum absolute atomic E-state index is 0.224. The Morgan fingerprint density at radius 3 is 2.75 bits per heavy atom. The molecule has 0 saturated carbocycles. The van der Waals surface area contributed by atoms with Crippen LogP contribution in [0.15, 0.2) is 40.9 Å². The maximum Gasteiger partial charge on any atom is 0.140 e. The summed E-state index contributed by atoms with van der Waals surface area (Å²) in [7, 11) is 0. The molecule has 0 atom stereocenters. The van der Waals surface area contributed by atoms with E-state index in [9.17, 15) is 9.50 Å². The molecule has 0 saturated heterocycles. The highest BCUT2D eigenvalue weighted by Crippen LogP contribution is 2.28. The normalized spacial score (nSPS) is 11.2. The molecule has 2 aromatic carbocycles. The van der Waals surface area contributed by atoms with Crippen molar-refractivity contribution in [1.29, 1.82) is 0 Å². The monoisotopic (exact) mass is 335 g/mol. The van der Waals surface area contributed by atoms with Crippen LogP contribution in [0.3, 0.4) is 0 Å². The van der Waals surface area contributed by atoms with Crippen molar-refractivity contribution < 1.29 is 9.50 Å². The molecule has 0 aliphatic carbocycles. The van der Waals surface area contributed by atoms with Crippen molar-refractivity contribution in [2.45, 2.75) is 6.61 Å². The molecule has 1 aromatic heterocycles. The summed E-state index contributed by atoms with van der Waals surface area (Å²) in [5.41, 5.74) is 8.54. The van der Waals surface area contributed by atoms with Gasteiger partial charge in [0.05, 0.1) is 16.7 Å². The molecule has 3 N–H and O–H groups in total. The number of nitrogens with two attached hydrogens (primary N) is 1. The Hall–Kier alpha value is -1.92. The van der Waals surface area contributed by atoms with Crippen molar-refractivity contribution in [2.24, 2.45) is 0 Å². The number of halogens is 2. The zero-order valence-corrected chi connectivity index (χ0v) is 11.9. The van der Waals surface area contributed by atoms with E-state index >= 15 is 0 Å². The molecule has 20 heavy (non-hydrogen) atoms. The number of imidazole rings is 1. The molecule has 6 heteroatoms. The lowest BCUT2D eigenvalue weighted by molar-refractivity contribution is 0.270. The SMILES string of the molecule is Nc1ccc2c(c1)nc(CO)n2-c1ccc(F)cc1Br. The van der Waals surface area contributed by atoms with Crippen LogP contribution >= 0.6 is 15.9 Å². The third-order valence-electron chi connectivity index (χ3n) is 3.04. The van der Waals surface area contributed by atoms with Gasteiger partial charge in [-0.05, 0) is 52.3 Å². The Morgan fingerprint density at radius 2 is 2.05 bits per heavy atom. The van der Waals surface area contributed by atoms with Crippen LogP contribution in [0.5, 0.6) is 0 Å². The summed E-state index contributed by atoms with van der Waals surface area (Å²) in [6.07, 6.45) is 0. The Morgan fingerprint density at radius 1 is 1.25 bits per heavy atom. The van der Waals surface area contributed by atoms with Crippen LogP contribution < -0.4 is 5.73 Å². The molecule has 0 radical (unpaired) electrons. The van der Waals surface area contributed by atoms with Crippen molar-refractivity contribution in [1.82, 2.24) is 9.55 Å². The number of hydrogen-bond acceptors (Lipinski definition) is 3. The van der Waals surface area contributed by atoms with E-state index in [4.69, 9.17) is 5.73 Å². The first kappa shape index (κ1) is 13.1. The zero-order chi connectivity index (χ0) is 14.3. The van der Waals surface area contributed by atoms with E-state index < -0.39 is 0 Å². The Labute approximate surface area is 122 Å². The fourth-order valence-corrected chi connectivity index (χ4v) is 2.71. The summed E-state index contributed by atoms with van der Waals surface area (Å²) in [6, 6.07) is 9.70. The van der Waals surface area contributed by atoms with E-state index in [1.54, 1.807) is 22.8 Å². The van der Waals surface area contributed by atoms with Gasteiger partial charge in [-0.2, -0.15) is 0 Å². The average Bonchev–Trinajstić information content (AvgIpc) is 2.76. The van der Waals surface area contributed by atoms with E-state index in [1.165, 1.54) is 12.1 Å². The number of aliphatic hydroxyl groups is 1. The molecule has 3 aromatic rings. The molecule has 0 fully saturated rings. The third-order valence-corrected chi connectivity index (χ3v) is 3.68. The van der Waals surface area contributed by atoms with Crippen LogP contribution in [0.25, 0.3) is 16.7 Å². The number of nitrogen functional groups attached to an aromatic ring is 1. The van der Waals surface area contributed by atoms with E-state index in [0.29, 0.717) is 27.2 Å². The first-order chi connectivity index (χ1) is 9.60. The van der Waals surface area contributed by atoms with E-state index in [1.807, 2.05) is 6.07 Å². The van der Waals surface area contributed by atoms with Crippen LogP contribution in [0, 0.1) is 5.82 Å². The molecule has 0 spiro atoms. The van der Waals surface area contributed by atoms with Gasteiger partial charge in [-0.1, -0.05) is 0 Å². The standard InChI is InChI=1S/C14H11BrFN3O/c15-10-5-8(16)1-3-12(10)19-13-4-2-9(17)6-11(13)18-14(19)7-20/h1-6,20H,7,17H2. The van der Waals surface area contributed by atoms with Gasteiger partial charge in [-0.3, -0.25) is 4.57 Å². The predicted octanol–water partition coefficient (Wildman–Crippen LogP) is 3.00. The molecule has 3 rings (SSSR count). The van der Waals surface area contributed by atoms with E-state index in [0.717, 1.165) is 5.52 Å². The molecule has 1 heterocycles. The molecule has 4 nitrogen and oxygen atoms in total. The van der Waals surface area contributed by atoms with Crippen molar-refractivity contribution >= 4 is 32.7 Å². The first-order valence-electron chi connectivity index (χ1n) is 5.93. The zero-order valence-electron chi connectivity index (χ0n) is 10.3. The predicted molar refractivity (Wildman–Crippen MR) is 79.1 cm³/mol. The van der Waals surface area contributed by atoms with Crippen molar-refractivity contribution in [2.75, 3.05) is 5.73 Å². The first-order valence-corrected chi connectivity index (χ1v) is 6.72. The fourth-order valence-electron chi connectivity index (χ4n) is 2.18. The second-order valence-electron chi connectivity index (χ2n) is 4.37. The highest BCUT2D eigenvalue weighted by molar-refractivity contribution is 9.10. The maximum absolute atomic E-state index is 13.2. The molecule has 0 bridgehead atoms. The van der Waals surface area contributed by atoms with E-state index in [-0.39, 0.29) is 12.4 Å². The average molecular weight is 336 g/mol. The summed E-state index contributed by atoms with van der Waals surface area (Å²) in [5.74, 6) is 0.137. The van der Waals surface area contributed by atoms with Crippen LogP contribution in [0.1, 0.15) is 5.82 Å². The van der Waals surface area contributed by atoms with Crippen molar-refractivity contribution in [3.8, 4) is 5.69 Å². The smallest absolute Gasteiger partial charge is 0.140 e. The van der Waals surface area contributed by atoms with E-state index in [2.05, 4.69) is 20.9 Å². The molecule has 0 aliphatic heterocycles.